The summed E-state index contributed by atoms with van der Waals surface area (Å²) in [5.74, 6) is 0.252. The van der Waals surface area contributed by atoms with Crippen LogP contribution in [0.4, 0.5) is 19.0 Å². The lowest BCUT2D eigenvalue weighted by molar-refractivity contribution is -0.137. The molecule has 5 rings (SSSR count). The van der Waals surface area contributed by atoms with Gasteiger partial charge in [-0.1, -0.05) is 0 Å². The molecule has 2 aliphatic rings. The molecule has 9 heteroatoms. The molecule has 31 heavy (non-hydrogen) atoms. The van der Waals surface area contributed by atoms with Gasteiger partial charge in [-0.15, -0.1) is 0 Å². The maximum atomic E-state index is 13.3. The van der Waals surface area contributed by atoms with Gasteiger partial charge >= 0.3 is 6.18 Å². The second kappa shape index (κ2) is 7.19. The van der Waals surface area contributed by atoms with Crippen LogP contribution in [0.1, 0.15) is 45.6 Å². The average molecular weight is 428 g/mol. The van der Waals surface area contributed by atoms with Crippen molar-refractivity contribution in [1.82, 2.24) is 14.9 Å². The van der Waals surface area contributed by atoms with E-state index >= 15 is 0 Å². The van der Waals surface area contributed by atoms with Crippen LogP contribution < -0.4 is 5.73 Å². The van der Waals surface area contributed by atoms with Crippen LogP contribution in [0.2, 0.25) is 0 Å². The maximum absolute atomic E-state index is 13.3. The Hall–Kier alpha value is -3.20. The van der Waals surface area contributed by atoms with E-state index in [2.05, 4.69) is 9.97 Å². The Morgan fingerprint density at radius 2 is 1.94 bits per heavy atom. The highest BCUT2D eigenvalue weighted by molar-refractivity contribution is 5.99. The Kier molecular flexibility index (Phi) is 4.58. The smallest absolute Gasteiger partial charge is 0.383 e. The zero-order valence-corrected chi connectivity index (χ0v) is 16.4. The van der Waals surface area contributed by atoms with Gasteiger partial charge in [-0.25, -0.2) is 4.98 Å². The van der Waals surface area contributed by atoms with Gasteiger partial charge in [-0.2, -0.15) is 13.2 Å². The molecule has 0 spiro atoms. The minimum Gasteiger partial charge on any atom is -0.383 e. The van der Waals surface area contributed by atoms with Crippen molar-refractivity contribution in [2.45, 2.75) is 44.8 Å². The molecule has 1 saturated carbocycles. The van der Waals surface area contributed by atoms with E-state index in [1.165, 1.54) is 6.07 Å². The van der Waals surface area contributed by atoms with Crippen molar-refractivity contribution in [3.63, 3.8) is 0 Å². The Balaban J connectivity index is 1.44. The number of amides is 1. The van der Waals surface area contributed by atoms with Gasteiger partial charge in [0, 0.05) is 28.8 Å². The summed E-state index contributed by atoms with van der Waals surface area (Å²) < 4.78 is 43.9. The van der Waals surface area contributed by atoms with Crippen LogP contribution in [0.15, 0.2) is 36.5 Å². The summed E-state index contributed by atoms with van der Waals surface area (Å²) in [6.07, 6.45) is -1.91. The summed E-state index contributed by atoms with van der Waals surface area (Å²) in [4.78, 5) is 23.3. The lowest BCUT2D eigenvalue weighted by Crippen LogP contribution is -2.33. The predicted molar refractivity (Wildman–Crippen MR) is 107 cm³/mol. The monoisotopic (exact) mass is 428 g/mol. The van der Waals surface area contributed by atoms with Crippen molar-refractivity contribution in [2.75, 3.05) is 5.73 Å². The number of nitrogens with two attached hydrogens (primary N) is 1. The van der Waals surface area contributed by atoms with Crippen molar-refractivity contribution in [3.05, 3.63) is 64.5 Å². The molecule has 1 aliphatic carbocycles. The van der Waals surface area contributed by atoms with Crippen LogP contribution in [0.3, 0.4) is 0 Å². The number of alkyl halides is 3. The molecule has 3 heterocycles. The largest absolute Gasteiger partial charge is 0.417 e. The average Bonchev–Trinajstić information content (AvgIpc) is 3.46. The minimum atomic E-state index is -4.44. The number of halogens is 3. The number of benzene rings is 1. The first-order valence-electron chi connectivity index (χ1n) is 9.93. The summed E-state index contributed by atoms with van der Waals surface area (Å²) in [5.41, 5.74) is 8.60. The van der Waals surface area contributed by atoms with Crippen LogP contribution >= 0.6 is 0 Å². The lowest BCUT2D eigenvalue weighted by Gasteiger charge is -2.22. The van der Waals surface area contributed by atoms with E-state index in [1.807, 2.05) is 0 Å². The van der Waals surface area contributed by atoms with Crippen molar-refractivity contribution < 1.29 is 22.7 Å². The minimum absolute atomic E-state index is 0.0610. The van der Waals surface area contributed by atoms with Gasteiger partial charge in [-0.3, -0.25) is 9.78 Å². The molecular formula is C22H19F3N4O2. The number of rotatable bonds is 4. The molecule has 0 radical (unpaired) electrons. The summed E-state index contributed by atoms with van der Waals surface area (Å²) in [6, 6.07) is 7.64. The SMILES string of the molecule is Nc1nc2ccc(C(=O)N(Cc3ccc(C(F)(F)F)cn3)C3CC3)cc2c2c1COC2. The van der Waals surface area contributed by atoms with Gasteiger partial charge in [0.25, 0.3) is 5.91 Å². The molecule has 0 unspecified atom stereocenters. The van der Waals surface area contributed by atoms with Gasteiger partial charge in [0.2, 0.25) is 0 Å². The second-order valence-electron chi connectivity index (χ2n) is 7.88. The summed E-state index contributed by atoms with van der Waals surface area (Å²) in [6.45, 7) is 0.967. The van der Waals surface area contributed by atoms with Crippen molar-refractivity contribution >= 4 is 22.6 Å². The molecule has 0 saturated heterocycles. The number of anilines is 1. The first kappa shape index (κ1) is 19.7. The normalized spacial score (nSPS) is 15.8. The van der Waals surface area contributed by atoms with Crippen LogP contribution in [0.25, 0.3) is 10.9 Å². The van der Waals surface area contributed by atoms with E-state index in [4.69, 9.17) is 10.5 Å². The van der Waals surface area contributed by atoms with E-state index in [1.54, 1.807) is 23.1 Å². The molecule has 1 fully saturated rings. The van der Waals surface area contributed by atoms with Crippen molar-refractivity contribution in [2.24, 2.45) is 0 Å². The first-order valence-corrected chi connectivity index (χ1v) is 9.93. The standard InChI is InChI=1S/C22H19F3N4O2/c23-22(24,25)13-2-3-14(27-8-13)9-29(15-4-5-15)21(30)12-1-6-19-16(7-12)17-10-31-11-18(17)20(26)28-19/h1-3,6-8,15H,4-5,9-11H2,(H2,26,28). The molecule has 6 nitrogen and oxygen atoms in total. The van der Waals surface area contributed by atoms with E-state index in [9.17, 15) is 18.0 Å². The third-order valence-corrected chi connectivity index (χ3v) is 5.71. The zero-order valence-electron chi connectivity index (χ0n) is 16.4. The molecule has 0 atom stereocenters. The number of carbonyl (C=O) groups is 1. The number of carbonyl (C=O) groups excluding carboxylic acids is 1. The third kappa shape index (κ3) is 3.69. The van der Waals surface area contributed by atoms with E-state index in [0.29, 0.717) is 35.8 Å². The fourth-order valence-corrected chi connectivity index (χ4v) is 3.88. The fraction of sp³-hybridized carbons (Fsp3) is 0.318. The second-order valence-corrected chi connectivity index (χ2v) is 7.88. The first-order chi connectivity index (χ1) is 14.8. The molecule has 2 N–H and O–H groups in total. The third-order valence-electron chi connectivity index (χ3n) is 5.71. The molecule has 0 bridgehead atoms. The summed E-state index contributed by atoms with van der Waals surface area (Å²) >= 11 is 0. The lowest BCUT2D eigenvalue weighted by atomic mass is 10.0. The number of ether oxygens (including phenoxy) is 1. The Morgan fingerprint density at radius 3 is 2.61 bits per heavy atom. The summed E-state index contributed by atoms with van der Waals surface area (Å²) in [5, 5.41) is 0.830. The number of nitrogens with zero attached hydrogens (tertiary/aromatic N) is 3. The highest BCUT2D eigenvalue weighted by Crippen LogP contribution is 2.34. The predicted octanol–water partition coefficient (Wildman–Crippen LogP) is 4.07. The molecular weight excluding hydrogens is 409 g/mol. The van der Waals surface area contributed by atoms with Gasteiger partial charge in [0.15, 0.2) is 0 Å². The molecule has 160 valence electrons. The molecule has 1 aromatic carbocycles. The number of hydrogen-bond donors (Lipinski definition) is 1. The van der Waals surface area contributed by atoms with Gasteiger partial charge in [0.1, 0.15) is 5.82 Å². The quantitative estimate of drug-likeness (QED) is 0.678. The fourth-order valence-electron chi connectivity index (χ4n) is 3.88. The van der Waals surface area contributed by atoms with Gasteiger partial charge < -0.3 is 15.4 Å². The van der Waals surface area contributed by atoms with E-state index in [-0.39, 0.29) is 18.5 Å². The molecule has 1 amide bonds. The Morgan fingerprint density at radius 1 is 1.16 bits per heavy atom. The Bertz CT molecular complexity index is 1170. The van der Waals surface area contributed by atoms with Gasteiger partial charge in [0.05, 0.1) is 36.5 Å². The number of pyridine rings is 2. The molecule has 1 aliphatic heterocycles. The highest BCUT2D eigenvalue weighted by atomic mass is 19.4. The molecule has 2 aromatic heterocycles. The number of hydrogen-bond acceptors (Lipinski definition) is 5. The van der Waals surface area contributed by atoms with Crippen LogP contribution in [-0.4, -0.2) is 26.8 Å². The number of nitrogen functional groups attached to an aromatic ring is 1. The van der Waals surface area contributed by atoms with Gasteiger partial charge in [-0.05, 0) is 48.7 Å². The summed E-state index contributed by atoms with van der Waals surface area (Å²) in [7, 11) is 0. The number of fused-ring (bicyclic) bond motifs is 3. The zero-order chi connectivity index (χ0) is 21.8. The number of aromatic nitrogens is 2. The van der Waals surface area contributed by atoms with Crippen molar-refractivity contribution in [1.29, 1.82) is 0 Å². The van der Waals surface area contributed by atoms with E-state index < -0.39 is 11.7 Å². The molecule has 3 aromatic rings. The highest BCUT2D eigenvalue weighted by Gasteiger charge is 2.34. The topological polar surface area (TPSA) is 81.3 Å². The van der Waals surface area contributed by atoms with Crippen LogP contribution in [-0.2, 0) is 30.7 Å². The van der Waals surface area contributed by atoms with Crippen molar-refractivity contribution in [3.8, 4) is 0 Å². The van der Waals surface area contributed by atoms with Crippen LogP contribution in [0, 0.1) is 0 Å². The maximum Gasteiger partial charge on any atom is 0.417 e. The van der Waals surface area contributed by atoms with Crippen LogP contribution in [0.5, 0.6) is 0 Å². The van der Waals surface area contributed by atoms with E-state index in [0.717, 1.165) is 41.6 Å². The Labute approximate surface area is 175 Å².